The number of hydrogen-bond donors (Lipinski definition) is 1. The SMILES string of the molecule is CCC(C)(OC)C(=O)N1CCC(NC)C(C)C1. The number of nitrogens with zero attached hydrogens (tertiary/aromatic N) is 1. The first kappa shape index (κ1) is 14.5. The third-order valence-electron chi connectivity index (χ3n) is 4.14. The molecule has 17 heavy (non-hydrogen) atoms. The first-order valence-corrected chi connectivity index (χ1v) is 6.50. The highest BCUT2D eigenvalue weighted by atomic mass is 16.5. The van der Waals surface area contributed by atoms with Gasteiger partial charge in [-0.1, -0.05) is 13.8 Å². The normalized spacial score (nSPS) is 28.9. The van der Waals surface area contributed by atoms with Gasteiger partial charge in [0.05, 0.1) is 0 Å². The van der Waals surface area contributed by atoms with Gasteiger partial charge in [0, 0.05) is 26.2 Å². The van der Waals surface area contributed by atoms with Crippen molar-refractivity contribution in [3.05, 3.63) is 0 Å². The maximum atomic E-state index is 12.4. The van der Waals surface area contributed by atoms with Crippen molar-refractivity contribution >= 4 is 5.91 Å². The zero-order valence-corrected chi connectivity index (χ0v) is 11.7. The minimum absolute atomic E-state index is 0.129. The Morgan fingerprint density at radius 1 is 1.59 bits per heavy atom. The predicted molar refractivity (Wildman–Crippen MR) is 68.9 cm³/mol. The van der Waals surface area contributed by atoms with Crippen LogP contribution < -0.4 is 5.32 Å². The summed E-state index contributed by atoms with van der Waals surface area (Å²) in [5.74, 6) is 0.625. The largest absolute Gasteiger partial charge is 0.369 e. The molecule has 0 bridgehead atoms. The number of methoxy groups -OCH3 is 1. The van der Waals surface area contributed by atoms with E-state index in [2.05, 4.69) is 12.2 Å². The molecule has 3 atom stereocenters. The molecule has 0 saturated carbocycles. The van der Waals surface area contributed by atoms with Crippen LogP contribution in [0.5, 0.6) is 0 Å². The zero-order valence-electron chi connectivity index (χ0n) is 11.7. The Balaban J connectivity index is 2.66. The molecule has 0 aromatic heterocycles. The first-order chi connectivity index (χ1) is 7.98. The van der Waals surface area contributed by atoms with E-state index < -0.39 is 5.60 Å². The van der Waals surface area contributed by atoms with Gasteiger partial charge in [-0.25, -0.2) is 0 Å². The Hall–Kier alpha value is -0.610. The van der Waals surface area contributed by atoms with Crippen LogP contribution in [-0.4, -0.2) is 49.7 Å². The zero-order chi connectivity index (χ0) is 13.1. The van der Waals surface area contributed by atoms with E-state index in [1.807, 2.05) is 25.8 Å². The van der Waals surface area contributed by atoms with Gasteiger partial charge in [-0.05, 0) is 32.7 Å². The lowest BCUT2D eigenvalue weighted by molar-refractivity contribution is -0.155. The molecule has 0 radical (unpaired) electrons. The Labute approximate surface area is 105 Å². The van der Waals surface area contributed by atoms with Crippen LogP contribution in [0.2, 0.25) is 0 Å². The van der Waals surface area contributed by atoms with Gasteiger partial charge >= 0.3 is 0 Å². The Bertz CT molecular complexity index is 264. The average molecular weight is 242 g/mol. The quantitative estimate of drug-likeness (QED) is 0.807. The van der Waals surface area contributed by atoms with E-state index in [9.17, 15) is 4.79 Å². The van der Waals surface area contributed by atoms with Crippen LogP contribution in [0.1, 0.15) is 33.6 Å². The van der Waals surface area contributed by atoms with Gasteiger partial charge in [-0.2, -0.15) is 0 Å². The molecule has 1 saturated heterocycles. The van der Waals surface area contributed by atoms with Crippen molar-refractivity contribution in [1.82, 2.24) is 10.2 Å². The number of amides is 1. The van der Waals surface area contributed by atoms with Gasteiger partial charge in [0.25, 0.3) is 5.91 Å². The molecule has 1 amide bonds. The molecular weight excluding hydrogens is 216 g/mol. The highest BCUT2D eigenvalue weighted by Crippen LogP contribution is 2.23. The summed E-state index contributed by atoms with van der Waals surface area (Å²) in [5, 5.41) is 3.31. The molecule has 3 unspecified atom stereocenters. The monoisotopic (exact) mass is 242 g/mol. The molecular formula is C13H26N2O2. The number of hydrogen-bond acceptors (Lipinski definition) is 3. The summed E-state index contributed by atoms with van der Waals surface area (Å²) in [6.45, 7) is 7.71. The fourth-order valence-corrected chi connectivity index (χ4v) is 2.48. The molecule has 0 spiro atoms. The van der Waals surface area contributed by atoms with Crippen molar-refractivity contribution in [2.75, 3.05) is 27.2 Å². The van der Waals surface area contributed by atoms with Gasteiger partial charge in [0.1, 0.15) is 5.60 Å². The molecule has 1 N–H and O–H groups in total. The van der Waals surface area contributed by atoms with Crippen LogP contribution in [0.4, 0.5) is 0 Å². The van der Waals surface area contributed by atoms with E-state index in [1.54, 1.807) is 7.11 Å². The molecule has 0 aromatic rings. The number of ether oxygens (including phenoxy) is 1. The van der Waals surface area contributed by atoms with Crippen LogP contribution in [0.3, 0.4) is 0 Å². The highest BCUT2D eigenvalue weighted by Gasteiger charge is 2.37. The fourth-order valence-electron chi connectivity index (χ4n) is 2.48. The number of likely N-dealkylation sites (tertiary alicyclic amines) is 1. The summed E-state index contributed by atoms with van der Waals surface area (Å²) >= 11 is 0. The van der Waals surface area contributed by atoms with Gasteiger partial charge in [-0.3, -0.25) is 4.79 Å². The van der Waals surface area contributed by atoms with Crippen molar-refractivity contribution < 1.29 is 9.53 Å². The second-order valence-electron chi connectivity index (χ2n) is 5.20. The summed E-state index contributed by atoms with van der Waals surface area (Å²) in [7, 11) is 3.61. The molecule has 0 aromatic carbocycles. The Morgan fingerprint density at radius 2 is 2.24 bits per heavy atom. The van der Waals surface area contributed by atoms with Crippen LogP contribution in [-0.2, 0) is 9.53 Å². The molecule has 1 heterocycles. The molecule has 100 valence electrons. The summed E-state index contributed by atoms with van der Waals surface area (Å²) in [6.07, 6.45) is 1.73. The third-order valence-corrected chi connectivity index (χ3v) is 4.14. The van der Waals surface area contributed by atoms with E-state index >= 15 is 0 Å². The van der Waals surface area contributed by atoms with Crippen LogP contribution in [0.25, 0.3) is 0 Å². The molecule has 1 aliphatic rings. The molecule has 1 rings (SSSR count). The number of rotatable bonds is 4. The standard InChI is InChI=1S/C13H26N2O2/c1-6-13(3,17-5)12(16)15-8-7-11(14-4)10(2)9-15/h10-11,14H,6-9H2,1-5H3. The maximum absolute atomic E-state index is 12.4. The van der Waals surface area contributed by atoms with E-state index in [0.29, 0.717) is 18.4 Å². The summed E-state index contributed by atoms with van der Waals surface area (Å²) in [5.41, 5.74) is -0.661. The Kier molecular flexibility index (Phi) is 4.95. The second kappa shape index (κ2) is 5.83. The average Bonchev–Trinajstić information content (AvgIpc) is 2.36. The van der Waals surface area contributed by atoms with Crippen LogP contribution in [0, 0.1) is 5.92 Å². The van der Waals surface area contributed by atoms with E-state index in [1.165, 1.54) is 0 Å². The summed E-state index contributed by atoms with van der Waals surface area (Å²) < 4.78 is 5.38. The number of piperidine rings is 1. The molecule has 4 nitrogen and oxygen atoms in total. The first-order valence-electron chi connectivity index (χ1n) is 6.50. The second-order valence-corrected chi connectivity index (χ2v) is 5.20. The van der Waals surface area contributed by atoms with Crippen molar-refractivity contribution in [2.45, 2.75) is 45.3 Å². The highest BCUT2D eigenvalue weighted by molar-refractivity contribution is 5.84. The fraction of sp³-hybridized carbons (Fsp3) is 0.923. The van der Waals surface area contributed by atoms with Gasteiger partial charge in [0.2, 0.25) is 0 Å². The molecule has 1 aliphatic heterocycles. The predicted octanol–water partition coefficient (Wildman–Crippen LogP) is 1.26. The molecule has 4 heteroatoms. The van der Waals surface area contributed by atoms with Gasteiger partial charge in [0.15, 0.2) is 0 Å². The number of carbonyl (C=O) groups is 1. The van der Waals surface area contributed by atoms with Crippen molar-refractivity contribution in [1.29, 1.82) is 0 Å². The van der Waals surface area contributed by atoms with Gasteiger partial charge < -0.3 is 15.0 Å². The van der Waals surface area contributed by atoms with E-state index in [0.717, 1.165) is 19.5 Å². The third kappa shape index (κ3) is 2.99. The Morgan fingerprint density at radius 3 is 2.65 bits per heavy atom. The summed E-state index contributed by atoms with van der Waals surface area (Å²) in [4.78, 5) is 14.4. The minimum atomic E-state index is -0.661. The smallest absolute Gasteiger partial charge is 0.254 e. The van der Waals surface area contributed by atoms with Gasteiger partial charge in [-0.15, -0.1) is 0 Å². The summed E-state index contributed by atoms with van der Waals surface area (Å²) in [6, 6.07) is 0.523. The van der Waals surface area contributed by atoms with Crippen molar-refractivity contribution in [2.24, 2.45) is 5.92 Å². The van der Waals surface area contributed by atoms with E-state index in [4.69, 9.17) is 4.74 Å². The van der Waals surface area contributed by atoms with Crippen LogP contribution >= 0.6 is 0 Å². The minimum Gasteiger partial charge on any atom is -0.369 e. The number of nitrogens with one attached hydrogen (secondary N) is 1. The van der Waals surface area contributed by atoms with Crippen molar-refractivity contribution in [3.8, 4) is 0 Å². The topological polar surface area (TPSA) is 41.6 Å². The lowest BCUT2D eigenvalue weighted by Gasteiger charge is -2.40. The number of carbonyl (C=O) groups excluding carboxylic acids is 1. The van der Waals surface area contributed by atoms with Crippen molar-refractivity contribution in [3.63, 3.8) is 0 Å². The lowest BCUT2D eigenvalue weighted by atomic mass is 9.92. The molecule has 1 fully saturated rings. The maximum Gasteiger partial charge on any atom is 0.254 e. The van der Waals surface area contributed by atoms with E-state index in [-0.39, 0.29) is 5.91 Å². The van der Waals surface area contributed by atoms with Crippen LogP contribution in [0.15, 0.2) is 0 Å². The molecule has 0 aliphatic carbocycles. The lowest BCUT2D eigenvalue weighted by Crippen LogP contribution is -2.55.